The van der Waals surface area contributed by atoms with Gasteiger partial charge in [-0.2, -0.15) is 0 Å². The van der Waals surface area contributed by atoms with E-state index in [0.29, 0.717) is 33.8 Å². The molecule has 2 aromatic carbocycles. The Bertz CT molecular complexity index is 1130. The smallest absolute Gasteiger partial charge is 0.330 e. The van der Waals surface area contributed by atoms with E-state index in [1.807, 2.05) is 30.3 Å². The number of unbranched alkanes of at least 4 members (excludes halogenated alkanes) is 1. The molecular weight excluding hydrogens is 505 g/mol. The summed E-state index contributed by atoms with van der Waals surface area (Å²) in [5.74, 6) is 1.57. The highest BCUT2D eigenvalue weighted by Gasteiger charge is 2.10. The molecular formula is C27H27Cl2NO4S. The quantitative estimate of drug-likeness (QED) is 0.106. The van der Waals surface area contributed by atoms with Gasteiger partial charge in [-0.25, -0.2) is 9.78 Å². The van der Waals surface area contributed by atoms with Gasteiger partial charge in [-0.15, -0.1) is 11.8 Å². The van der Waals surface area contributed by atoms with Gasteiger partial charge >= 0.3 is 5.97 Å². The van der Waals surface area contributed by atoms with Gasteiger partial charge in [0, 0.05) is 16.7 Å². The Kier molecular flexibility index (Phi) is 10.8. The number of aromatic nitrogens is 1. The lowest BCUT2D eigenvalue weighted by molar-refractivity contribution is -0.134. The van der Waals surface area contributed by atoms with Crippen molar-refractivity contribution in [2.45, 2.75) is 29.9 Å². The van der Waals surface area contributed by atoms with Crippen LogP contribution in [0, 0.1) is 0 Å². The third kappa shape index (κ3) is 8.49. The molecule has 0 atom stereocenters. The average Bonchev–Trinajstić information content (AvgIpc) is 2.87. The first kappa shape index (κ1) is 26.9. The normalized spacial score (nSPS) is 11.0. The molecule has 0 aliphatic carbocycles. The summed E-state index contributed by atoms with van der Waals surface area (Å²) in [5, 5.41) is 1.20. The topological polar surface area (TPSA) is 57.7 Å². The van der Waals surface area contributed by atoms with Crippen LogP contribution in [-0.4, -0.2) is 31.8 Å². The zero-order valence-electron chi connectivity index (χ0n) is 19.6. The van der Waals surface area contributed by atoms with Crippen LogP contribution < -0.4 is 9.47 Å². The standard InChI is InChI=1S/C27H27Cl2NO4S/c1-32-21-12-9-19(10-13-21)6-3-4-17-34-25-15-11-20(30-24(25)14-16-26(31)33-2)18-35-27-22(28)7-5-8-23(27)29/h5,7-16H,3-4,6,17-18H2,1-2H3/b16-14+. The number of carbonyl (C=O) groups is 1. The van der Waals surface area contributed by atoms with Crippen LogP contribution in [0.1, 0.15) is 29.8 Å². The van der Waals surface area contributed by atoms with Gasteiger partial charge in [0.05, 0.1) is 36.6 Å². The molecule has 0 unspecified atom stereocenters. The molecule has 0 saturated carbocycles. The summed E-state index contributed by atoms with van der Waals surface area (Å²) in [7, 11) is 3.00. The Labute approximate surface area is 220 Å². The van der Waals surface area contributed by atoms with Crippen LogP contribution >= 0.6 is 35.0 Å². The molecule has 8 heteroatoms. The van der Waals surface area contributed by atoms with Gasteiger partial charge in [0.25, 0.3) is 0 Å². The fourth-order valence-corrected chi connectivity index (χ4v) is 4.80. The number of hydrogen-bond acceptors (Lipinski definition) is 6. The number of thioether (sulfide) groups is 1. The summed E-state index contributed by atoms with van der Waals surface area (Å²) >= 11 is 14.1. The van der Waals surface area contributed by atoms with E-state index < -0.39 is 5.97 Å². The van der Waals surface area contributed by atoms with Gasteiger partial charge in [-0.1, -0.05) is 41.4 Å². The number of pyridine rings is 1. The molecule has 3 aromatic rings. The average molecular weight is 532 g/mol. The van der Waals surface area contributed by atoms with Gasteiger partial charge < -0.3 is 14.2 Å². The highest BCUT2D eigenvalue weighted by Crippen LogP contribution is 2.35. The SMILES string of the molecule is COC(=O)/C=C/c1nc(CSc2c(Cl)cccc2Cl)ccc1OCCCCc1ccc(OC)cc1. The third-order valence-corrected chi connectivity index (χ3v) is 7.10. The van der Waals surface area contributed by atoms with Gasteiger partial charge in [0.1, 0.15) is 17.2 Å². The molecule has 1 aromatic heterocycles. The third-order valence-electron chi connectivity index (χ3n) is 5.08. The van der Waals surface area contributed by atoms with Crippen molar-refractivity contribution in [1.29, 1.82) is 0 Å². The maximum Gasteiger partial charge on any atom is 0.330 e. The summed E-state index contributed by atoms with van der Waals surface area (Å²) in [4.78, 5) is 17.1. The molecule has 0 N–H and O–H groups in total. The largest absolute Gasteiger partial charge is 0.497 e. The van der Waals surface area contributed by atoms with Gasteiger partial charge in [0.2, 0.25) is 0 Å². The van der Waals surface area contributed by atoms with Crippen molar-refractivity contribution in [2.24, 2.45) is 0 Å². The molecule has 0 spiro atoms. The minimum Gasteiger partial charge on any atom is -0.497 e. The van der Waals surface area contributed by atoms with E-state index >= 15 is 0 Å². The Morgan fingerprint density at radius 1 is 1.00 bits per heavy atom. The number of esters is 1. The van der Waals surface area contributed by atoms with Crippen molar-refractivity contribution in [3.8, 4) is 11.5 Å². The van der Waals surface area contributed by atoms with Crippen LogP contribution in [0.5, 0.6) is 11.5 Å². The van der Waals surface area contributed by atoms with E-state index in [1.165, 1.54) is 30.5 Å². The number of halogens is 2. The van der Waals surface area contributed by atoms with Gasteiger partial charge in [0.15, 0.2) is 0 Å². The van der Waals surface area contributed by atoms with Crippen LogP contribution in [0.15, 0.2) is 65.6 Å². The van der Waals surface area contributed by atoms with Crippen LogP contribution in [-0.2, 0) is 21.7 Å². The second kappa shape index (κ2) is 14.0. The zero-order chi connectivity index (χ0) is 25.0. The number of ether oxygens (including phenoxy) is 3. The Balaban J connectivity index is 1.60. The molecule has 0 amide bonds. The summed E-state index contributed by atoms with van der Waals surface area (Å²) in [6.45, 7) is 0.542. The predicted octanol–water partition coefficient (Wildman–Crippen LogP) is 7.28. The molecule has 1 heterocycles. The number of rotatable bonds is 12. The molecule has 3 rings (SSSR count). The second-order valence-electron chi connectivity index (χ2n) is 7.54. The van der Waals surface area contributed by atoms with E-state index in [1.54, 1.807) is 25.3 Å². The number of carbonyl (C=O) groups excluding carboxylic acids is 1. The highest BCUT2D eigenvalue weighted by atomic mass is 35.5. The molecule has 0 aliphatic heterocycles. The van der Waals surface area contributed by atoms with Crippen LogP contribution in [0.3, 0.4) is 0 Å². The maximum absolute atomic E-state index is 11.6. The Morgan fingerprint density at radius 3 is 2.43 bits per heavy atom. The molecule has 0 bridgehead atoms. The maximum atomic E-state index is 11.6. The van der Waals surface area contributed by atoms with Crippen molar-refractivity contribution in [2.75, 3.05) is 20.8 Å². The fourth-order valence-electron chi connectivity index (χ4n) is 3.21. The first-order chi connectivity index (χ1) is 17.0. The van der Waals surface area contributed by atoms with Crippen LogP contribution in [0.4, 0.5) is 0 Å². The Hall–Kier alpha value is -2.67. The van der Waals surface area contributed by atoms with Crippen molar-refractivity contribution in [1.82, 2.24) is 4.98 Å². The summed E-state index contributed by atoms with van der Waals surface area (Å²) in [5.41, 5.74) is 2.63. The number of methoxy groups -OCH3 is 2. The minimum absolute atomic E-state index is 0.458. The summed E-state index contributed by atoms with van der Waals surface area (Å²) < 4.78 is 15.9. The van der Waals surface area contributed by atoms with Crippen molar-refractivity contribution >= 4 is 47.0 Å². The monoisotopic (exact) mass is 531 g/mol. The number of nitrogens with zero attached hydrogens (tertiary/aromatic N) is 1. The van der Waals surface area contributed by atoms with E-state index in [0.717, 1.165) is 35.6 Å². The van der Waals surface area contributed by atoms with E-state index in [-0.39, 0.29) is 0 Å². The molecule has 0 aliphatic rings. The van der Waals surface area contributed by atoms with Gasteiger partial charge in [-0.05, 0) is 67.3 Å². The second-order valence-corrected chi connectivity index (χ2v) is 9.34. The number of hydrogen-bond donors (Lipinski definition) is 0. The molecule has 0 radical (unpaired) electrons. The molecule has 0 fully saturated rings. The molecule has 35 heavy (non-hydrogen) atoms. The number of benzene rings is 2. The zero-order valence-corrected chi connectivity index (χ0v) is 22.0. The minimum atomic E-state index is -0.458. The van der Waals surface area contributed by atoms with E-state index in [9.17, 15) is 4.79 Å². The highest BCUT2D eigenvalue weighted by molar-refractivity contribution is 7.98. The van der Waals surface area contributed by atoms with Crippen LogP contribution in [0.2, 0.25) is 10.0 Å². The Morgan fingerprint density at radius 2 is 1.74 bits per heavy atom. The lowest BCUT2D eigenvalue weighted by Gasteiger charge is -2.11. The molecule has 0 saturated heterocycles. The fraction of sp³-hybridized carbons (Fsp3) is 0.259. The molecule has 5 nitrogen and oxygen atoms in total. The summed E-state index contributed by atoms with van der Waals surface area (Å²) in [6.07, 6.45) is 5.77. The first-order valence-electron chi connectivity index (χ1n) is 11.1. The van der Waals surface area contributed by atoms with Crippen LogP contribution in [0.25, 0.3) is 6.08 Å². The predicted molar refractivity (Wildman–Crippen MR) is 143 cm³/mol. The lowest BCUT2D eigenvalue weighted by Crippen LogP contribution is -2.03. The first-order valence-corrected chi connectivity index (χ1v) is 12.8. The van der Waals surface area contributed by atoms with E-state index in [4.69, 9.17) is 37.4 Å². The lowest BCUT2D eigenvalue weighted by atomic mass is 10.1. The van der Waals surface area contributed by atoms with Gasteiger partial charge in [-0.3, -0.25) is 0 Å². The molecule has 184 valence electrons. The van der Waals surface area contributed by atoms with E-state index in [2.05, 4.69) is 17.1 Å². The summed E-state index contributed by atoms with van der Waals surface area (Å²) in [6, 6.07) is 17.3. The van der Waals surface area contributed by atoms with Crippen molar-refractivity contribution in [3.05, 3.63) is 87.7 Å². The van der Waals surface area contributed by atoms with Crippen molar-refractivity contribution < 1.29 is 19.0 Å². The van der Waals surface area contributed by atoms with Crippen molar-refractivity contribution in [3.63, 3.8) is 0 Å². The number of aryl methyl sites for hydroxylation is 1.